The van der Waals surface area contributed by atoms with E-state index < -0.39 is 6.10 Å². The Hall–Kier alpha value is -1.13. The molecule has 0 amide bonds. The molecule has 2 aromatic heterocycles. The summed E-state index contributed by atoms with van der Waals surface area (Å²) in [5.41, 5.74) is 2.12. The topological polar surface area (TPSA) is 38.0 Å². The van der Waals surface area contributed by atoms with Crippen LogP contribution >= 0.6 is 11.3 Å². The van der Waals surface area contributed by atoms with Crippen molar-refractivity contribution in [3.63, 3.8) is 0 Å². The first-order chi connectivity index (χ1) is 8.61. The molecule has 2 atom stereocenters. The molecule has 0 spiro atoms. The lowest BCUT2D eigenvalue weighted by Crippen LogP contribution is -2.06. The van der Waals surface area contributed by atoms with E-state index in [0.717, 1.165) is 22.6 Å². The third-order valence-corrected chi connectivity index (χ3v) is 4.43. The zero-order chi connectivity index (χ0) is 13.1. The maximum absolute atomic E-state index is 10.2. The van der Waals surface area contributed by atoms with Gasteiger partial charge in [0.25, 0.3) is 0 Å². The number of thiophene rings is 1. The van der Waals surface area contributed by atoms with Crippen molar-refractivity contribution in [1.29, 1.82) is 0 Å². The van der Waals surface area contributed by atoms with E-state index in [0.29, 0.717) is 12.5 Å². The molecule has 4 heteroatoms. The minimum atomic E-state index is -0.440. The molecular weight excluding hydrogens is 244 g/mol. The van der Waals surface area contributed by atoms with E-state index in [-0.39, 0.29) is 0 Å². The smallest absolute Gasteiger partial charge is 0.0940 e. The fourth-order valence-corrected chi connectivity index (χ4v) is 2.85. The highest BCUT2D eigenvalue weighted by Crippen LogP contribution is 2.26. The van der Waals surface area contributed by atoms with Gasteiger partial charge in [-0.1, -0.05) is 6.92 Å². The summed E-state index contributed by atoms with van der Waals surface area (Å²) >= 11 is 1.61. The van der Waals surface area contributed by atoms with Gasteiger partial charge < -0.3 is 5.11 Å². The summed E-state index contributed by atoms with van der Waals surface area (Å²) in [5.74, 6) is 0. The predicted molar refractivity (Wildman–Crippen MR) is 74.9 cm³/mol. The second kappa shape index (κ2) is 5.67. The Kier molecular flexibility index (Phi) is 4.19. The van der Waals surface area contributed by atoms with Gasteiger partial charge in [-0.25, -0.2) is 0 Å². The lowest BCUT2D eigenvalue weighted by atomic mass is 10.1. The Bertz CT molecular complexity index is 503. The molecule has 0 bridgehead atoms. The summed E-state index contributed by atoms with van der Waals surface area (Å²) in [7, 11) is 0. The maximum Gasteiger partial charge on any atom is 0.0940 e. The van der Waals surface area contributed by atoms with Crippen LogP contribution in [0.3, 0.4) is 0 Å². The van der Waals surface area contributed by atoms with E-state index in [9.17, 15) is 5.11 Å². The summed E-state index contributed by atoms with van der Waals surface area (Å²) < 4.78 is 1.98. The molecule has 0 fully saturated rings. The van der Waals surface area contributed by atoms with Gasteiger partial charge in [-0.05, 0) is 43.3 Å². The summed E-state index contributed by atoms with van der Waals surface area (Å²) in [4.78, 5) is 1.05. The molecule has 1 N–H and O–H groups in total. The zero-order valence-corrected chi connectivity index (χ0v) is 11.9. The van der Waals surface area contributed by atoms with Crippen molar-refractivity contribution in [2.24, 2.45) is 0 Å². The Morgan fingerprint density at radius 3 is 2.83 bits per heavy atom. The molecule has 18 heavy (non-hydrogen) atoms. The minimum absolute atomic E-state index is 0.416. The van der Waals surface area contributed by atoms with E-state index >= 15 is 0 Å². The first-order valence-electron chi connectivity index (χ1n) is 6.38. The SMILES string of the molecule is CCC(C)n1ccc(CC(O)c2sccc2C)n1. The number of aromatic nitrogens is 2. The molecule has 0 saturated heterocycles. The van der Waals surface area contributed by atoms with Crippen molar-refractivity contribution >= 4 is 11.3 Å². The molecule has 0 aliphatic rings. The number of nitrogens with zero attached hydrogens (tertiary/aromatic N) is 2. The Labute approximate surface area is 112 Å². The molecule has 2 heterocycles. The van der Waals surface area contributed by atoms with Gasteiger partial charge in [0, 0.05) is 23.5 Å². The molecule has 3 nitrogen and oxygen atoms in total. The molecule has 0 aliphatic heterocycles. The van der Waals surface area contributed by atoms with Crippen LogP contribution < -0.4 is 0 Å². The van der Waals surface area contributed by atoms with Crippen LogP contribution in [-0.2, 0) is 6.42 Å². The van der Waals surface area contributed by atoms with Gasteiger partial charge in [0.2, 0.25) is 0 Å². The Morgan fingerprint density at radius 2 is 2.22 bits per heavy atom. The Balaban J connectivity index is 2.06. The van der Waals surface area contributed by atoms with Gasteiger partial charge in [-0.3, -0.25) is 4.68 Å². The number of aryl methyl sites for hydroxylation is 1. The van der Waals surface area contributed by atoms with E-state index in [1.807, 2.05) is 35.3 Å². The third kappa shape index (κ3) is 2.82. The fraction of sp³-hybridized carbons (Fsp3) is 0.500. The quantitative estimate of drug-likeness (QED) is 0.897. The van der Waals surface area contributed by atoms with Crippen LogP contribution in [0.2, 0.25) is 0 Å². The van der Waals surface area contributed by atoms with Crippen molar-refractivity contribution in [3.05, 3.63) is 39.8 Å². The largest absolute Gasteiger partial charge is 0.387 e. The standard InChI is InChI=1S/C14H20N2OS/c1-4-11(3)16-7-5-12(15-16)9-13(17)14-10(2)6-8-18-14/h5-8,11,13,17H,4,9H2,1-3H3. The zero-order valence-electron chi connectivity index (χ0n) is 11.1. The fourth-order valence-electron chi connectivity index (χ4n) is 1.94. The van der Waals surface area contributed by atoms with E-state index in [2.05, 4.69) is 18.9 Å². The monoisotopic (exact) mass is 264 g/mol. The highest BCUT2D eigenvalue weighted by Gasteiger charge is 2.14. The van der Waals surface area contributed by atoms with Gasteiger partial charge in [0.05, 0.1) is 11.8 Å². The second-order valence-electron chi connectivity index (χ2n) is 4.73. The molecular formula is C14H20N2OS. The lowest BCUT2D eigenvalue weighted by Gasteiger charge is -2.10. The number of aliphatic hydroxyl groups is 1. The number of aliphatic hydroxyl groups excluding tert-OH is 1. The van der Waals surface area contributed by atoms with Gasteiger partial charge in [0.1, 0.15) is 0 Å². The maximum atomic E-state index is 10.2. The van der Waals surface area contributed by atoms with Gasteiger partial charge in [-0.15, -0.1) is 11.3 Å². The molecule has 0 radical (unpaired) electrons. The normalized spacial score (nSPS) is 14.7. The highest BCUT2D eigenvalue weighted by atomic mass is 32.1. The average Bonchev–Trinajstić information content (AvgIpc) is 2.97. The summed E-state index contributed by atoms with van der Waals surface area (Å²) in [6, 6.07) is 4.46. The number of rotatable bonds is 5. The van der Waals surface area contributed by atoms with Gasteiger partial charge >= 0.3 is 0 Å². The highest BCUT2D eigenvalue weighted by molar-refractivity contribution is 7.10. The van der Waals surface area contributed by atoms with Crippen LogP contribution in [0.1, 0.15) is 48.5 Å². The summed E-state index contributed by atoms with van der Waals surface area (Å²) in [6.45, 7) is 6.33. The third-order valence-electron chi connectivity index (χ3n) is 3.31. The molecule has 0 saturated carbocycles. The van der Waals surface area contributed by atoms with Crippen molar-refractivity contribution in [2.75, 3.05) is 0 Å². The van der Waals surface area contributed by atoms with Crippen LogP contribution in [0.5, 0.6) is 0 Å². The van der Waals surface area contributed by atoms with Crippen molar-refractivity contribution in [1.82, 2.24) is 9.78 Å². The van der Waals surface area contributed by atoms with Crippen molar-refractivity contribution < 1.29 is 5.11 Å². The van der Waals surface area contributed by atoms with Crippen LogP contribution in [-0.4, -0.2) is 14.9 Å². The van der Waals surface area contributed by atoms with E-state index in [4.69, 9.17) is 0 Å². The van der Waals surface area contributed by atoms with Crippen molar-refractivity contribution in [2.45, 2.75) is 45.8 Å². The molecule has 2 unspecified atom stereocenters. The molecule has 2 rings (SSSR count). The Morgan fingerprint density at radius 1 is 1.44 bits per heavy atom. The average molecular weight is 264 g/mol. The predicted octanol–water partition coefficient (Wildman–Crippen LogP) is 3.50. The van der Waals surface area contributed by atoms with Crippen LogP contribution in [0.4, 0.5) is 0 Å². The molecule has 0 aliphatic carbocycles. The summed E-state index contributed by atoms with van der Waals surface area (Å²) in [6.07, 6.45) is 3.21. The number of hydrogen-bond acceptors (Lipinski definition) is 3. The van der Waals surface area contributed by atoms with Crippen LogP contribution in [0.25, 0.3) is 0 Å². The lowest BCUT2D eigenvalue weighted by molar-refractivity contribution is 0.180. The summed E-state index contributed by atoms with van der Waals surface area (Å²) in [5, 5.41) is 16.8. The first-order valence-corrected chi connectivity index (χ1v) is 7.25. The first kappa shape index (κ1) is 13.3. The van der Waals surface area contributed by atoms with E-state index in [1.54, 1.807) is 11.3 Å². The molecule has 98 valence electrons. The number of hydrogen-bond donors (Lipinski definition) is 1. The van der Waals surface area contributed by atoms with E-state index in [1.165, 1.54) is 0 Å². The minimum Gasteiger partial charge on any atom is -0.387 e. The molecule has 2 aromatic rings. The van der Waals surface area contributed by atoms with Crippen LogP contribution in [0.15, 0.2) is 23.7 Å². The van der Waals surface area contributed by atoms with Crippen LogP contribution in [0, 0.1) is 6.92 Å². The van der Waals surface area contributed by atoms with Gasteiger partial charge in [0.15, 0.2) is 0 Å². The van der Waals surface area contributed by atoms with Crippen molar-refractivity contribution in [3.8, 4) is 0 Å². The molecule has 0 aromatic carbocycles. The van der Waals surface area contributed by atoms with Gasteiger partial charge in [-0.2, -0.15) is 5.10 Å². The second-order valence-corrected chi connectivity index (χ2v) is 5.68.